The molecule has 124 valence electrons. The smallest absolute Gasteiger partial charge is 0.223 e. The Balaban J connectivity index is 1.51. The molecule has 1 saturated carbocycles. The van der Waals surface area contributed by atoms with Gasteiger partial charge in [0.25, 0.3) is 0 Å². The van der Waals surface area contributed by atoms with Gasteiger partial charge in [0.05, 0.1) is 7.11 Å². The van der Waals surface area contributed by atoms with E-state index in [-0.39, 0.29) is 0 Å². The van der Waals surface area contributed by atoms with Gasteiger partial charge < -0.3 is 9.64 Å². The molecule has 1 aliphatic heterocycles. The molecule has 0 spiro atoms. The highest BCUT2D eigenvalue weighted by atomic mass is 16.5. The SMILES string of the molecule is COc1cccc2c1CC[C@@H]1[C@H]2CCN1C(=O)CC1CCCC1. The Labute approximate surface area is 139 Å². The molecule has 0 radical (unpaired) electrons. The van der Waals surface area contributed by atoms with Crippen LogP contribution in [-0.4, -0.2) is 30.5 Å². The second-order valence-electron chi connectivity index (χ2n) is 7.47. The summed E-state index contributed by atoms with van der Waals surface area (Å²) >= 11 is 0. The van der Waals surface area contributed by atoms with Crippen molar-refractivity contribution in [3.05, 3.63) is 29.3 Å². The van der Waals surface area contributed by atoms with Crippen LogP contribution in [0.5, 0.6) is 5.75 Å². The summed E-state index contributed by atoms with van der Waals surface area (Å²) in [7, 11) is 1.76. The number of hydrogen-bond donors (Lipinski definition) is 0. The van der Waals surface area contributed by atoms with Gasteiger partial charge in [-0.05, 0) is 55.2 Å². The number of ether oxygens (including phenoxy) is 1. The van der Waals surface area contributed by atoms with E-state index in [4.69, 9.17) is 4.74 Å². The van der Waals surface area contributed by atoms with Gasteiger partial charge in [0.2, 0.25) is 5.91 Å². The Morgan fingerprint density at radius 2 is 2.04 bits per heavy atom. The van der Waals surface area contributed by atoms with Gasteiger partial charge in [-0.1, -0.05) is 25.0 Å². The van der Waals surface area contributed by atoms with Gasteiger partial charge in [0.1, 0.15) is 5.75 Å². The summed E-state index contributed by atoms with van der Waals surface area (Å²) in [6.07, 6.45) is 9.17. The van der Waals surface area contributed by atoms with Crippen LogP contribution in [-0.2, 0) is 11.2 Å². The fourth-order valence-electron chi connectivity index (χ4n) is 5.14. The van der Waals surface area contributed by atoms with Crippen LogP contribution in [0.3, 0.4) is 0 Å². The molecule has 2 atom stereocenters. The van der Waals surface area contributed by atoms with E-state index in [1.165, 1.54) is 36.8 Å². The summed E-state index contributed by atoms with van der Waals surface area (Å²) < 4.78 is 5.54. The Morgan fingerprint density at radius 1 is 1.22 bits per heavy atom. The molecule has 3 aliphatic rings. The number of hydrogen-bond acceptors (Lipinski definition) is 2. The van der Waals surface area contributed by atoms with Crippen molar-refractivity contribution < 1.29 is 9.53 Å². The van der Waals surface area contributed by atoms with Gasteiger partial charge >= 0.3 is 0 Å². The second kappa shape index (κ2) is 6.18. The van der Waals surface area contributed by atoms with E-state index in [1.807, 2.05) is 0 Å². The molecule has 4 rings (SSSR count). The average Bonchev–Trinajstić information content (AvgIpc) is 3.23. The number of methoxy groups -OCH3 is 1. The fourth-order valence-corrected chi connectivity index (χ4v) is 5.14. The lowest BCUT2D eigenvalue weighted by molar-refractivity contribution is -0.133. The molecule has 3 heteroatoms. The molecule has 2 aliphatic carbocycles. The van der Waals surface area contributed by atoms with Crippen LogP contribution in [0.25, 0.3) is 0 Å². The number of amides is 1. The molecule has 1 amide bonds. The molecular formula is C20H27NO2. The number of likely N-dealkylation sites (tertiary alicyclic amines) is 1. The molecule has 3 nitrogen and oxygen atoms in total. The van der Waals surface area contributed by atoms with E-state index >= 15 is 0 Å². The summed E-state index contributed by atoms with van der Waals surface area (Å²) in [5.74, 6) is 2.60. The maximum atomic E-state index is 12.8. The van der Waals surface area contributed by atoms with Crippen LogP contribution < -0.4 is 4.74 Å². The van der Waals surface area contributed by atoms with Crippen LogP contribution in [0.15, 0.2) is 18.2 Å². The molecular weight excluding hydrogens is 286 g/mol. The number of nitrogens with zero attached hydrogens (tertiary/aromatic N) is 1. The summed E-state index contributed by atoms with van der Waals surface area (Å²) in [5.41, 5.74) is 2.80. The number of fused-ring (bicyclic) bond motifs is 3. The predicted molar refractivity (Wildman–Crippen MR) is 90.7 cm³/mol. The predicted octanol–water partition coefficient (Wildman–Crippen LogP) is 3.91. The number of benzene rings is 1. The maximum Gasteiger partial charge on any atom is 0.223 e. The normalized spacial score (nSPS) is 26.9. The molecule has 0 aromatic heterocycles. The van der Waals surface area contributed by atoms with Crippen molar-refractivity contribution in [1.29, 1.82) is 0 Å². The molecule has 1 aromatic rings. The van der Waals surface area contributed by atoms with Gasteiger partial charge in [0, 0.05) is 24.9 Å². The summed E-state index contributed by atoms with van der Waals surface area (Å²) in [4.78, 5) is 15.0. The topological polar surface area (TPSA) is 29.5 Å². The van der Waals surface area contributed by atoms with E-state index < -0.39 is 0 Å². The van der Waals surface area contributed by atoms with E-state index in [9.17, 15) is 4.79 Å². The molecule has 1 aromatic carbocycles. The first kappa shape index (κ1) is 15.0. The maximum absolute atomic E-state index is 12.8. The minimum atomic E-state index is 0.413. The second-order valence-corrected chi connectivity index (χ2v) is 7.47. The highest BCUT2D eigenvalue weighted by Gasteiger charge is 2.41. The van der Waals surface area contributed by atoms with Crippen LogP contribution in [0.1, 0.15) is 62.0 Å². The third-order valence-electron chi connectivity index (χ3n) is 6.28. The molecule has 0 N–H and O–H groups in total. The van der Waals surface area contributed by atoms with Crippen molar-refractivity contribution in [2.45, 2.75) is 63.3 Å². The Morgan fingerprint density at radius 3 is 2.83 bits per heavy atom. The highest BCUT2D eigenvalue weighted by Crippen LogP contribution is 2.44. The van der Waals surface area contributed by atoms with Crippen LogP contribution in [0.2, 0.25) is 0 Å². The number of carbonyl (C=O) groups excluding carboxylic acids is 1. The van der Waals surface area contributed by atoms with Gasteiger partial charge in [0.15, 0.2) is 0 Å². The first-order valence-electron chi connectivity index (χ1n) is 9.23. The summed E-state index contributed by atoms with van der Waals surface area (Å²) in [6.45, 7) is 0.942. The van der Waals surface area contributed by atoms with Crippen molar-refractivity contribution in [2.24, 2.45) is 5.92 Å². The van der Waals surface area contributed by atoms with Crippen LogP contribution in [0.4, 0.5) is 0 Å². The first-order chi connectivity index (χ1) is 11.3. The van der Waals surface area contributed by atoms with Gasteiger partial charge in [-0.3, -0.25) is 4.79 Å². The zero-order chi connectivity index (χ0) is 15.8. The third-order valence-corrected chi connectivity index (χ3v) is 6.28. The Kier molecular flexibility index (Phi) is 4.04. The van der Waals surface area contributed by atoms with Crippen molar-refractivity contribution in [1.82, 2.24) is 4.90 Å². The van der Waals surface area contributed by atoms with Gasteiger partial charge in [-0.15, -0.1) is 0 Å². The quantitative estimate of drug-likeness (QED) is 0.847. The molecule has 0 unspecified atom stereocenters. The number of carbonyl (C=O) groups is 1. The zero-order valence-corrected chi connectivity index (χ0v) is 14.1. The molecule has 2 fully saturated rings. The molecule has 0 bridgehead atoms. The Hall–Kier alpha value is -1.51. The molecule has 1 heterocycles. The van der Waals surface area contributed by atoms with E-state index in [0.717, 1.165) is 38.0 Å². The van der Waals surface area contributed by atoms with Crippen LogP contribution in [0, 0.1) is 5.92 Å². The first-order valence-corrected chi connectivity index (χ1v) is 9.23. The lowest BCUT2D eigenvalue weighted by Crippen LogP contribution is -2.40. The monoisotopic (exact) mass is 313 g/mol. The lowest BCUT2D eigenvalue weighted by Gasteiger charge is -2.34. The third kappa shape index (κ3) is 2.64. The van der Waals surface area contributed by atoms with E-state index in [2.05, 4.69) is 23.1 Å². The fraction of sp³-hybridized carbons (Fsp3) is 0.650. The summed E-state index contributed by atoms with van der Waals surface area (Å²) in [6, 6.07) is 6.84. The molecule has 23 heavy (non-hydrogen) atoms. The van der Waals surface area contributed by atoms with E-state index in [1.54, 1.807) is 7.11 Å². The Bertz CT molecular complexity index is 591. The van der Waals surface area contributed by atoms with Crippen molar-refractivity contribution in [3.63, 3.8) is 0 Å². The lowest BCUT2D eigenvalue weighted by atomic mass is 9.79. The minimum Gasteiger partial charge on any atom is -0.496 e. The van der Waals surface area contributed by atoms with Crippen LogP contribution >= 0.6 is 0 Å². The molecule has 1 saturated heterocycles. The highest BCUT2D eigenvalue weighted by molar-refractivity contribution is 5.77. The standard InChI is InChI=1S/C20H27NO2/c1-23-19-8-4-7-15-16-11-12-21(18(16)10-9-17(15)19)20(22)13-14-5-2-3-6-14/h4,7-8,14,16,18H,2-3,5-6,9-13H2,1H3/t16-,18+/m0/s1. The van der Waals surface area contributed by atoms with Gasteiger partial charge in [-0.25, -0.2) is 0 Å². The van der Waals surface area contributed by atoms with Crippen molar-refractivity contribution in [2.75, 3.05) is 13.7 Å². The summed E-state index contributed by atoms with van der Waals surface area (Å²) in [5, 5.41) is 0. The van der Waals surface area contributed by atoms with Crippen molar-refractivity contribution >= 4 is 5.91 Å². The van der Waals surface area contributed by atoms with Crippen molar-refractivity contribution in [3.8, 4) is 5.75 Å². The zero-order valence-electron chi connectivity index (χ0n) is 14.1. The average molecular weight is 313 g/mol. The number of rotatable bonds is 3. The largest absolute Gasteiger partial charge is 0.496 e. The minimum absolute atomic E-state index is 0.413. The van der Waals surface area contributed by atoms with Gasteiger partial charge in [-0.2, -0.15) is 0 Å². The van der Waals surface area contributed by atoms with E-state index in [0.29, 0.717) is 23.8 Å².